The Labute approximate surface area is 143 Å². The van der Waals surface area contributed by atoms with Gasteiger partial charge >= 0.3 is 0 Å². The zero-order valence-electron chi connectivity index (χ0n) is 15.0. The number of benzene rings is 1. The van der Waals surface area contributed by atoms with E-state index >= 15 is 0 Å². The second-order valence-electron chi connectivity index (χ2n) is 6.52. The molecule has 0 aliphatic carbocycles. The average molecular weight is 327 g/mol. The van der Waals surface area contributed by atoms with Gasteiger partial charge in [0, 0.05) is 45.1 Å². The summed E-state index contributed by atoms with van der Waals surface area (Å²) in [5, 5.41) is 0. The number of hydrogen-bond acceptors (Lipinski definition) is 3. The monoisotopic (exact) mass is 327 g/mol. The van der Waals surface area contributed by atoms with Crippen LogP contribution >= 0.6 is 0 Å². The fraction of sp³-hybridized carbons (Fsp3) is 0.368. The zero-order valence-corrected chi connectivity index (χ0v) is 15.0. The Morgan fingerprint density at radius 1 is 1.04 bits per heavy atom. The Bertz CT molecular complexity index is 776. The summed E-state index contributed by atoms with van der Waals surface area (Å²) < 4.78 is 1.79. The number of pyridine rings is 1. The third-order valence-corrected chi connectivity index (χ3v) is 4.00. The van der Waals surface area contributed by atoms with Gasteiger partial charge in [0.25, 0.3) is 5.91 Å². The van der Waals surface area contributed by atoms with Gasteiger partial charge in [-0.3, -0.25) is 9.59 Å². The average Bonchev–Trinajstić information content (AvgIpc) is 2.51. The van der Waals surface area contributed by atoms with Crippen LogP contribution in [0.1, 0.15) is 27.2 Å². The fourth-order valence-electron chi connectivity index (χ4n) is 2.56. The molecule has 0 aliphatic rings. The lowest BCUT2D eigenvalue weighted by Crippen LogP contribution is -2.31. The normalized spacial score (nSPS) is 10.9. The molecule has 0 aliphatic heterocycles. The Balaban J connectivity index is 2.12. The van der Waals surface area contributed by atoms with Crippen molar-refractivity contribution in [1.82, 2.24) is 14.4 Å². The van der Waals surface area contributed by atoms with Crippen molar-refractivity contribution in [1.29, 1.82) is 0 Å². The minimum absolute atomic E-state index is 0.204. The van der Waals surface area contributed by atoms with Crippen LogP contribution in [0.2, 0.25) is 0 Å². The van der Waals surface area contributed by atoms with Gasteiger partial charge in [0.2, 0.25) is 0 Å². The molecule has 0 spiro atoms. The van der Waals surface area contributed by atoms with Crippen LogP contribution in [0.25, 0.3) is 0 Å². The zero-order chi connectivity index (χ0) is 17.9. The number of carbonyl (C=O) groups is 1. The number of aromatic nitrogens is 1. The third-order valence-electron chi connectivity index (χ3n) is 4.00. The molecule has 128 valence electrons. The van der Waals surface area contributed by atoms with Crippen molar-refractivity contribution in [3.8, 4) is 0 Å². The van der Waals surface area contributed by atoms with Crippen molar-refractivity contribution in [2.45, 2.75) is 20.0 Å². The van der Waals surface area contributed by atoms with Crippen molar-refractivity contribution in [3.05, 3.63) is 69.1 Å². The van der Waals surface area contributed by atoms with Gasteiger partial charge in [-0.05, 0) is 32.1 Å². The van der Waals surface area contributed by atoms with Gasteiger partial charge in [-0.1, -0.05) is 24.3 Å². The van der Waals surface area contributed by atoms with E-state index in [9.17, 15) is 9.59 Å². The molecule has 5 nitrogen and oxygen atoms in total. The van der Waals surface area contributed by atoms with Crippen molar-refractivity contribution in [3.63, 3.8) is 0 Å². The minimum atomic E-state index is -0.257. The van der Waals surface area contributed by atoms with Gasteiger partial charge in [0.05, 0.1) is 0 Å². The molecule has 0 fully saturated rings. The van der Waals surface area contributed by atoms with E-state index < -0.39 is 0 Å². The van der Waals surface area contributed by atoms with Crippen LogP contribution < -0.4 is 5.43 Å². The summed E-state index contributed by atoms with van der Waals surface area (Å²) in [7, 11) is 7.61. The van der Waals surface area contributed by atoms with Crippen molar-refractivity contribution < 1.29 is 4.79 Å². The molecule has 5 heteroatoms. The van der Waals surface area contributed by atoms with E-state index in [1.807, 2.05) is 40.2 Å². The van der Waals surface area contributed by atoms with Gasteiger partial charge in [0.15, 0.2) is 5.43 Å². The van der Waals surface area contributed by atoms with E-state index in [4.69, 9.17) is 0 Å². The number of aryl methyl sites for hydroxylation is 2. The van der Waals surface area contributed by atoms with Crippen LogP contribution in [0.5, 0.6) is 0 Å². The molecule has 0 saturated heterocycles. The first kappa shape index (κ1) is 17.9. The number of hydrogen-bond donors (Lipinski definition) is 0. The molecular formula is C19H25N3O2. The molecule has 1 aromatic carbocycles. The van der Waals surface area contributed by atoms with Crippen molar-refractivity contribution >= 4 is 5.91 Å². The van der Waals surface area contributed by atoms with Crippen LogP contribution in [-0.2, 0) is 20.1 Å². The summed E-state index contributed by atoms with van der Waals surface area (Å²) in [6.07, 6.45) is 1.61. The first-order valence-corrected chi connectivity index (χ1v) is 7.93. The highest BCUT2D eigenvalue weighted by Crippen LogP contribution is 2.10. The maximum absolute atomic E-state index is 12.6. The van der Waals surface area contributed by atoms with Crippen LogP contribution in [-0.4, -0.2) is 41.4 Å². The highest BCUT2D eigenvalue weighted by Gasteiger charge is 2.16. The molecule has 1 aromatic heterocycles. The van der Waals surface area contributed by atoms with Crippen LogP contribution in [0.15, 0.2) is 41.3 Å². The first-order valence-electron chi connectivity index (χ1n) is 7.93. The van der Waals surface area contributed by atoms with Gasteiger partial charge < -0.3 is 14.4 Å². The molecule has 0 N–H and O–H groups in total. The number of rotatable bonds is 5. The van der Waals surface area contributed by atoms with Crippen LogP contribution in [0, 0.1) is 6.92 Å². The predicted molar refractivity (Wildman–Crippen MR) is 96.1 cm³/mol. The molecule has 24 heavy (non-hydrogen) atoms. The molecule has 0 radical (unpaired) electrons. The fourth-order valence-corrected chi connectivity index (χ4v) is 2.56. The SMILES string of the molecule is Cc1cc(=O)c(C(=O)N(C)Cc2ccc(CN(C)C)cc2)cn1C. The first-order chi connectivity index (χ1) is 11.3. The Kier molecular flexibility index (Phi) is 5.57. The summed E-state index contributed by atoms with van der Waals surface area (Å²) >= 11 is 0. The summed E-state index contributed by atoms with van der Waals surface area (Å²) in [5.41, 5.74) is 3.07. The molecule has 1 amide bonds. The van der Waals surface area contributed by atoms with E-state index in [-0.39, 0.29) is 16.9 Å². The van der Waals surface area contributed by atoms with Gasteiger partial charge in [-0.2, -0.15) is 0 Å². The Morgan fingerprint density at radius 2 is 1.58 bits per heavy atom. The van der Waals surface area contributed by atoms with Gasteiger partial charge in [0.1, 0.15) is 5.56 Å². The summed E-state index contributed by atoms with van der Waals surface area (Å²) in [6, 6.07) is 9.68. The van der Waals surface area contributed by atoms with Gasteiger partial charge in [-0.25, -0.2) is 0 Å². The second-order valence-corrected chi connectivity index (χ2v) is 6.52. The quantitative estimate of drug-likeness (QED) is 0.844. The summed E-state index contributed by atoms with van der Waals surface area (Å²) in [5.74, 6) is -0.257. The van der Waals surface area contributed by atoms with Gasteiger partial charge in [-0.15, -0.1) is 0 Å². The highest BCUT2D eigenvalue weighted by molar-refractivity contribution is 5.93. The topological polar surface area (TPSA) is 45.6 Å². The molecule has 2 rings (SSSR count). The standard InChI is InChI=1S/C19H25N3O2/c1-14-10-18(23)17(13-21(14)4)19(24)22(5)12-16-8-6-15(7-9-16)11-20(2)3/h6-10,13H,11-12H2,1-5H3. The lowest BCUT2D eigenvalue weighted by molar-refractivity contribution is 0.0783. The molecular weight excluding hydrogens is 302 g/mol. The number of amides is 1. The molecule has 1 heterocycles. The van der Waals surface area contributed by atoms with E-state index in [0.717, 1.165) is 17.8 Å². The molecule has 0 unspecified atom stereocenters. The lowest BCUT2D eigenvalue weighted by Gasteiger charge is -2.18. The third kappa shape index (κ3) is 4.32. The maximum atomic E-state index is 12.6. The maximum Gasteiger partial charge on any atom is 0.259 e. The largest absolute Gasteiger partial charge is 0.354 e. The highest BCUT2D eigenvalue weighted by atomic mass is 16.2. The lowest BCUT2D eigenvalue weighted by atomic mass is 10.1. The summed E-state index contributed by atoms with van der Waals surface area (Å²) in [4.78, 5) is 28.3. The Morgan fingerprint density at radius 3 is 2.12 bits per heavy atom. The Hall–Kier alpha value is -2.40. The molecule has 0 atom stereocenters. The predicted octanol–water partition coefficient (Wildman–Crippen LogP) is 2.03. The van der Waals surface area contributed by atoms with E-state index in [1.165, 1.54) is 11.6 Å². The van der Waals surface area contributed by atoms with Crippen LogP contribution in [0.3, 0.4) is 0 Å². The van der Waals surface area contributed by atoms with E-state index in [0.29, 0.717) is 6.54 Å². The van der Waals surface area contributed by atoms with Crippen molar-refractivity contribution in [2.75, 3.05) is 21.1 Å². The second kappa shape index (κ2) is 7.45. The number of nitrogens with zero attached hydrogens (tertiary/aromatic N) is 3. The summed E-state index contributed by atoms with van der Waals surface area (Å²) in [6.45, 7) is 3.20. The van der Waals surface area contributed by atoms with E-state index in [2.05, 4.69) is 17.0 Å². The van der Waals surface area contributed by atoms with E-state index in [1.54, 1.807) is 22.7 Å². The van der Waals surface area contributed by atoms with Crippen molar-refractivity contribution in [2.24, 2.45) is 7.05 Å². The molecule has 0 saturated carbocycles. The molecule has 2 aromatic rings. The minimum Gasteiger partial charge on any atom is -0.354 e. The smallest absolute Gasteiger partial charge is 0.259 e. The number of carbonyl (C=O) groups excluding carboxylic acids is 1. The van der Waals surface area contributed by atoms with Crippen LogP contribution in [0.4, 0.5) is 0 Å². The molecule has 0 bridgehead atoms.